The van der Waals surface area contributed by atoms with Crippen LogP contribution in [-0.2, 0) is 6.54 Å². The van der Waals surface area contributed by atoms with Gasteiger partial charge in [0.15, 0.2) is 5.11 Å². The summed E-state index contributed by atoms with van der Waals surface area (Å²) < 4.78 is 3.36. The van der Waals surface area contributed by atoms with Gasteiger partial charge in [-0.2, -0.15) is 0 Å². The molecule has 0 saturated carbocycles. The van der Waals surface area contributed by atoms with Crippen molar-refractivity contribution in [2.75, 3.05) is 11.9 Å². The van der Waals surface area contributed by atoms with Crippen molar-refractivity contribution in [3.63, 3.8) is 0 Å². The minimum Gasteiger partial charge on any atom is -0.347 e. The lowest BCUT2D eigenvalue weighted by Gasteiger charge is -2.38. The second-order valence-electron chi connectivity index (χ2n) is 5.68. The summed E-state index contributed by atoms with van der Waals surface area (Å²) in [7, 11) is 0. The Balaban J connectivity index is 1.65. The number of rotatable bonds is 2. The molecule has 1 aromatic carbocycles. The molecular formula is C18H16BrN3S2. The number of benzene rings is 1. The van der Waals surface area contributed by atoms with E-state index in [1.54, 1.807) is 11.3 Å². The second kappa shape index (κ2) is 6.70. The summed E-state index contributed by atoms with van der Waals surface area (Å²) in [6.07, 6.45) is 2.15. The Hall–Kier alpha value is -1.63. The summed E-state index contributed by atoms with van der Waals surface area (Å²) in [5.41, 5.74) is 2.29. The molecule has 122 valence electrons. The minimum absolute atomic E-state index is 0.168. The van der Waals surface area contributed by atoms with Gasteiger partial charge in [-0.05, 0) is 54.0 Å². The fraction of sp³-hybridized carbons (Fsp3) is 0.167. The van der Waals surface area contributed by atoms with Gasteiger partial charge in [0, 0.05) is 40.0 Å². The van der Waals surface area contributed by atoms with Gasteiger partial charge in [-0.15, -0.1) is 11.3 Å². The van der Waals surface area contributed by atoms with E-state index in [-0.39, 0.29) is 6.04 Å². The van der Waals surface area contributed by atoms with Crippen LogP contribution in [0, 0.1) is 0 Å². The molecule has 1 aliphatic rings. The molecule has 0 aliphatic carbocycles. The Labute approximate surface area is 159 Å². The fourth-order valence-electron chi connectivity index (χ4n) is 3.11. The number of fused-ring (bicyclic) bond motifs is 1. The van der Waals surface area contributed by atoms with Crippen LogP contribution in [0.25, 0.3) is 0 Å². The van der Waals surface area contributed by atoms with Crippen molar-refractivity contribution in [3.05, 3.63) is 75.2 Å². The van der Waals surface area contributed by atoms with Crippen molar-refractivity contribution < 1.29 is 0 Å². The summed E-state index contributed by atoms with van der Waals surface area (Å²) in [4.78, 5) is 3.60. The molecule has 1 aliphatic heterocycles. The highest BCUT2D eigenvalue weighted by molar-refractivity contribution is 9.10. The van der Waals surface area contributed by atoms with Gasteiger partial charge in [0.05, 0.1) is 0 Å². The molecule has 3 aromatic rings. The molecule has 0 bridgehead atoms. The molecule has 2 aromatic heterocycles. The second-order valence-corrected chi connectivity index (χ2v) is 7.96. The number of nitrogens with zero attached hydrogens (tertiary/aromatic N) is 2. The molecule has 0 spiro atoms. The largest absolute Gasteiger partial charge is 0.347 e. The van der Waals surface area contributed by atoms with Gasteiger partial charge in [0.25, 0.3) is 0 Å². The van der Waals surface area contributed by atoms with Crippen molar-refractivity contribution in [1.29, 1.82) is 0 Å². The maximum atomic E-state index is 5.75. The molecule has 0 saturated heterocycles. The first-order valence-electron chi connectivity index (χ1n) is 7.74. The first-order valence-corrected chi connectivity index (χ1v) is 9.82. The Kier molecular flexibility index (Phi) is 4.43. The number of anilines is 1. The number of aromatic nitrogens is 1. The van der Waals surface area contributed by atoms with Crippen LogP contribution < -0.4 is 5.32 Å². The average molecular weight is 418 g/mol. The van der Waals surface area contributed by atoms with Gasteiger partial charge in [0.2, 0.25) is 0 Å². The highest BCUT2D eigenvalue weighted by Crippen LogP contribution is 2.35. The molecule has 0 radical (unpaired) electrons. The highest BCUT2D eigenvalue weighted by Gasteiger charge is 2.31. The van der Waals surface area contributed by atoms with E-state index in [1.165, 1.54) is 10.6 Å². The van der Waals surface area contributed by atoms with Gasteiger partial charge in [-0.3, -0.25) is 0 Å². The average Bonchev–Trinajstić information content (AvgIpc) is 3.25. The van der Waals surface area contributed by atoms with Crippen LogP contribution in [0.4, 0.5) is 5.69 Å². The van der Waals surface area contributed by atoms with Crippen LogP contribution in [0.2, 0.25) is 0 Å². The lowest BCUT2D eigenvalue weighted by molar-refractivity contribution is 0.297. The van der Waals surface area contributed by atoms with Gasteiger partial charge < -0.3 is 14.8 Å². The number of halogens is 1. The van der Waals surface area contributed by atoms with Gasteiger partial charge in [-0.1, -0.05) is 28.1 Å². The van der Waals surface area contributed by atoms with E-state index < -0.39 is 0 Å². The van der Waals surface area contributed by atoms with Gasteiger partial charge in [0.1, 0.15) is 6.04 Å². The van der Waals surface area contributed by atoms with Crippen LogP contribution in [0.1, 0.15) is 16.6 Å². The summed E-state index contributed by atoms with van der Waals surface area (Å²) >= 11 is 11.0. The third kappa shape index (κ3) is 3.01. The van der Waals surface area contributed by atoms with Crippen LogP contribution in [0.5, 0.6) is 0 Å². The lowest BCUT2D eigenvalue weighted by Crippen LogP contribution is -2.44. The van der Waals surface area contributed by atoms with E-state index in [1.807, 2.05) is 24.3 Å². The number of hydrogen-bond donors (Lipinski definition) is 1. The van der Waals surface area contributed by atoms with E-state index in [4.69, 9.17) is 12.2 Å². The Morgan fingerprint density at radius 1 is 1.17 bits per heavy atom. The summed E-state index contributed by atoms with van der Waals surface area (Å²) in [6, 6.07) is 16.9. The molecule has 1 atom stereocenters. The first kappa shape index (κ1) is 15.9. The molecule has 0 fully saturated rings. The third-order valence-corrected chi connectivity index (χ3v) is 5.94. The zero-order chi connectivity index (χ0) is 16.5. The van der Waals surface area contributed by atoms with E-state index in [2.05, 4.69) is 66.6 Å². The normalized spacial score (nSPS) is 16.7. The molecule has 3 nitrogen and oxygen atoms in total. The van der Waals surface area contributed by atoms with E-state index in [0.29, 0.717) is 0 Å². The molecule has 3 heterocycles. The summed E-state index contributed by atoms with van der Waals surface area (Å²) in [6.45, 7) is 1.84. The monoisotopic (exact) mass is 417 g/mol. The molecule has 0 amide bonds. The molecule has 4 rings (SSSR count). The van der Waals surface area contributed by atoms with E-state index in [0.717, 1.165) is 28.4 Å². The van der Waals surface area contributed by atoms with Gasteiger partial charge in [-0.25, -0.2) is 0 Å². The molecular weight excluding hydrogens is 402 g/mol. The van der Waals surface area contributed by atoms with Crippen molar-refractivity contribution >= 4 is 50.3 Å². The number of thiophene rings is 1. The predicted octanol–water partition coefficient (Wildman–Crippen LogP) is 5.11. The van der Waals surface area contributed by atoms with E-state index in [9.17, 15) is 0 Å². The number of nitrogens with one attached hydrogen (secondary N) is 1. The quantitative estimate of drug-likeness (QED) is 0.584. The smallest absolute Gasteiger partial charge is 0.174 e. The van der Waals surface area contributed by atoms with Crippen molar-refractivity contribution in [2.45, 2.75) is 12.6 Å². The van der Waals surface area contributed by atoms with E-state index >= 15 is 0 Å². The predicted molar refractivity (Wildman–Crippen MR) is 108 cm³/mol. The molecule has 24 heavy (non-hydrogen) atoms. The SMILES string of the molecule is S=C(Nc1cccc(Br)c1)N1CCn2cccc2[C@@H]1c1cccs1. The van der Waals surface area contributed by atoms with Crippen molar-refractivity contribution in [3.8, 4) is 0 Å². The number of thiocarbonyl (C=S) groups is 1. The third-order valence-electron chi connectivity index (χ3n) is 4.19. The first-order chi connectivity index (χ1) is 11.7. The standard InChI is InChI=1S/C18H16BrN3S2/c19-13-4-1-5-14(12-13)20-18(23)22-10-9-21-8-2-6-15(21)17(22)16-7-3-11-24-16/h1-8,11-12,17H,9-10H2,(H,20,23)/t17-/m1/s1. The molecule has 0 unspecified atom stereocenters. The van der Waals surface area contributed by atoms with Crippen molar-refractivity contribution in [2.24, 2.45) is 0 Å². The molecule has 1 N–H and O–H groups in total. The fourth-order valence-corrected chi connectivity index (χ4v) is 4.67. The minimum atomic E-state index is 0.168. The summed E-state index contributed by atoms with van der Waals surface area (Å²) in [5, 5.41) is 6.28. The zero-order valence-electron chi connectivity index (χ0n) is 12.9. The highest BCUT2D eigenvalue weighted by atomic mass is 79.9. The topological polar surface area (TPSA) is 20.2 Å². The van der Waals surface area contributed by atoms with Crippen LogP contribution in [0.15, 0.2) is 64.6 Å². The Morgan fingerprint density at radius 2 is 2.08 bits per heavy atom. The Morgan fingerprint density at radius 3 is 2.88 bits per heavy atom. The zero-order valence-corrected chi connectivity index (χ0v) is 16.1. The lowest BCUT2D eigenvalue weighted by atomic mass is 10.1. The summed E-state index contributed by atoms with van der Waals surface area (Å²) in [5.74, 6) is 0. The van der Waals surface area contributed by atoms with Crippen LogP contribution in [0.3, 0.4) is 0 Å². The maximum absolute atomic E-state index is 5.75. The van der Waals surface area contributed by atoms with Crippen LogP contribution in [-0.4, -0.2) is 21.1 Å². The number of hydrogen-bond acceptors (Lipinski definition) is 2. The maximum Gasteiger partial charge on any atom is 0.174 e. The van der Waals surface area contributed by atoms with Gasteiger partial charge >= 0.3 is 0 Å². The Bertz CT molecular complexity index is 857. The van der Waals surface area contributed by atoms with Crippen molar-refractivity contribution in [1.82, 2.24) is 9.47 Å². The van der Waals surface area contributed by atoms with Crippen LogP contribution >= 0.6 is 39.5 Å². The molecule has 6 heteroatoms.